The highest BCUT2D eigenvalue weighted by atomic mass is 19.4. The number of aliphatic hydroxyl groups is 1. The van der Waals surface area contributed by atoms with Crippen molar-refractivity contribution in [1.29, 1.82) is 5.41 Å². The fourth-order valence-corrected chi connectivity index (χ4v) is 4.36. The van der Waals surface area contributed by atoms with E-state index >= 15 is 0 Å². The molecule has 0 radical (unpaired) electrons. The quantitative estimate of drug-likeness (QED) is 0.513. The van der Waals surface area contributed by atoms with Crippen molar-refractivity contribution in [2.45, 2.75) is 25.4 Å². The van der Waals surface area contributed by atoms with Gasteiger partial charge in [0.05, 0.1) is 28.7 Å². The van der Waals surface area contributed by atoms with Crippen LogP contribution >= 0.6 is 0 Å². The maximum Gasteiger partial charge on any atom is 0.416 e. The second kappa shape index (κ2) is 7.58. The Morgan fingerprint density at radius 2 is 1.78 bits per heavy atom. The maximum atomic E-state index is 13.1. The lowest BCUT2D eigenvalue weighted by molar-refractivity contribution is -0.137. The van der Waals surface area contributed by atoms with E-state index in [2.05, 4.69) is 14.9 Å². The van der Waals surface area contributed by atoms with Gasteiger partial charge in [-0.2, -0.15) is 13.2 Å². The van der Waals surface area contributed by atoms with Crippen LogP contribution in [0.3, 0.4) is 0 Å². The van der Waals surface area contributed by atoms with Gasteiger partial charge in [-0.1, -0.05) is 6.07 Å². The molecule has 0 atom stereocenters. The average Bonchev–Trinajstić information content (AvgIpc) is 3.33. The molecule has 2 aliphatic rings. The maximum absolute atomic E-state index is 13.1. The van der Waals surface area contributed by atoms with Gasteiger partial charge >= 0.3 is 6.18 Å². The number of halogens is 3. The SMILES string of the molecule is N=C1C(c2nc3ccc(N4CCCCC4)cc3[nH]2)=C(O)CN1c1cccc(C(F)(F)F)c1. The lowest BCUT2D eigenvalue weighted by atomic mass is 10.1. The lowest BCUT2D eigenvalue weighted by Crippen LogP contribution is -2.29. The van der Waals surface area contributed by atoms with Crippen molar-refractivity contribution in [3.05, 3.63) is 59.6 Å². The topological polar surface area (TPSA) is 79.2 Å². The summed E-state index contributed by atoms with van der Waals surface area (Å²) in [5, 5.41) is 19.1. The molecular formula is C23H22F3N5O. The van der Waals surface area contributed by atoms with Crippen LogP contribution in [-0.4, -0.2) is 40.5 Å². The highest BCUT2D eigenvalue weighted by molar-refractivity contribution is 6.30. The minimum atomic E-state index is -4.49. The van der Waals surface area contributed by atoms with Crippen LogP contribution in [0.1, 0.15) is 30.7 Å². The first-order chi connectivity index (χ1) is 15.3. The predicted octanol–water partition coefficient (Wildman–Crippen LogP) is 5.34. The predicted molar refractivity (Wildman–Crippen MR) is 118 cm³/mol. The number of benzene rings is 2. The molecule has 0 amide bonds. The molecule has 32 heavy (non-hydrogen) atoms. The number of nitrogens with one attached hydrogen (secondary N) is 2. The molecule has 0 aliphatic carbocycles. The summed E-state index contributed by atoms with van der Waals surface area (Å²) < 4.78 is 39.3. The lowest BCUT2D eigenvalue weighted by Gasteiger charge is -2.28. The van der Waals surface area contributed by atoms with Crippen molar-refractivity contribution in [2.24, 2.45) is 0 Å². The van der Waals surface area contributed by atoms with E-state index in [9.17, 15) is 18.3 Å². The second-order valence-electron chi connectivity index (χ2n) is 8.14. The Balaban J connectivity index is 1.44. The Labute approximate surface area is 182 Å². The zero-order chi connectivity index (χ0) is 22.5. The van der Waals surface area contributed by atoms with E-state index < -0.39 is 11.7 Å². The van der Waals surface area contributed by atoms with Crippen LogP contribution in [0.5, 0.6) is 0 Å². The van der Waals surface area contributed by atoms with E-state index in [-0.39, 0.29) is 29.4 Å². The van der Waals surface area contributed by atoms with Crippen molar-refractivity contribution >= 4 is 33.8 Å². The van der Waals surface area contributed by atoms with Gasteiger partial charge in [-0.3, -0.25) is 5.41 Å². The number of amidine groups is 1. The first-order valence-electron chi connectivity index (χ1n) is 10.5. The standard InChI is InChI=1S/C23H22F3N5O/c24-23(25,26)14-5-4-6-16(11-14)31-13-19(32)20(21(31)27)22-28-17-8-7-15(12-18(17)29-22)30-9-2-1-3-10-30/h4-8,11-12,27,32H,1-3,9-10,13H2,(H,28,29). The van der Waals surface area contributed by atoms with Crippen LogP contribution < -0.4 is 9.80 Å². The number of aliphatic hydroxyl groups excluding tert-OH is 1. The molecule has 1 saturated heterocycles. The van der Waals surface area contributed by atoms with Gasteiger partial charge in [-0.25, -0.2) is 4.98 Å². The molecule has 3 N–H and O–H groups in total. The van der Waals surface area contributed by atoms with Crippen LogP contribution in [-0.2, 0) is 6.18 Å². The second-order valence-corrected chi connectivity index (χ2v) is 8.14. The van der Waals surface area contributed by atoms with Gasteiger partial charge in [-0.15, -0.1) is 0 Å². The van der Waals surface area contributed by atoms with Gasteiger partial charge in [0.15, 0.2) is 0 Å². The number of H-pyrrole nitrogens is 1. The summed E-state index contributed by atoms with van der Waals surface area (Å²) in [5.74, 6) is 0.118. The molecule has 0 spiro atoms. The summed E-state index contributed by atoms with van der Waals surface area (Å²) in [6.45, 7) is 1.93. The number of alkyl halides is 3. The number of nitrogens with zero attached hydrogens (tertiary/aromatic N) is 3. The Morgan fingerprint density at radius 3 is 2.53 bits per heavy atom. The van der Waals surface area contributed by atoms with Crippen molar-refractivity contribution in [3.8, 4) is 0 Å². The summed E-state index contributed by atoms with van der Waals surface area (Å²) in [5.41, 5.74) is 2.16. The third kappa shape index (κ3) is 3.57. The van der Waals surface area contributed by atoms with Crippen molar-refractivity contribution in [1.82, 2.24) is 9.97 Å². The average molecular weight is 441 g/mol. The Bertz CT molecular complexity index is 1220. The monoisotopic (exact) mass is 441 g/mol. The van der Waals surface area contributed by atoms with Crippen molar-refractivity contribution in [2.75, 3.05) is 29.4 Å². The third-order valence-corrected chi connectivity index (χ3v) is 6.01. The molecule has 2 aromatic carbocycles. The Morgan fingerprint density at radius 1 is 1.00 bits per heavy atom. The molecule has 3 heterocycles. The van der Waals surface area contributed by atoms with E-state index in [4.69, 9.17) is 5.41 Å². The van der Waals surface area contributed by atoms with Crippen LogP contribution in [0.4, 0.5) is 24.5 Å². The molecule has 6 nitrogen and oxygen atoms in total. The zero-order valence-corrected chi connectivity index (χ0v) is 17.2. The van der Waals surface area contributed by atoms with Crippen LogP contribution in [0.2, 0.25) is 0 Å². The molecule has 0 saturated carbocycles. The highest BCUT2D eigenvalue weighted by Gasteiger charge is 2.34. The fourth-order valence-electron chi connectivity index (χ4n) is 4.36. The van der Waals surface area contributed by atoms with Crippen LogP contribution in [0, 0.1) is 5.41 Å². The molecule has 0 unspecified atom stereocenters. The van der Waals surface area contributed by atoms with Crippen LogP contribution in [0.25, 0.3) is 16.6 Å². The van der Waals surface area contributed by atoms with Crippen molar-refractivity contribution < 1.29 is 18.3 Å². The minimum Gasteiger partial charge on any atom is -0.509 e. The molecule has 2 aliphatic heterocycles. The number of rotatable bonds is 3. The fraction of sp³-hybridized carbons (Fsp3) is 0.304. The zero-order valence-electron chi connectivity index (χ0n) is 17.2. The largest absolute Gasteiger partial charge is 0.509 e. The van der Waals surface area contributed by atoms with Gasteiger partial charge in [-0.05, 0) is 55.7 Å². The molecule has 9 heteroatoms. The van der Waals surface area contributed by atoms with Gasteiger partial charge in [0.25, 0.3) is 0 Å². The van der Waals surface area contributed by atoms with Crippen molar-refractivity contribution in [3.63, 3.8) is 0 Å². The summed E-state index contributed by atoms with van der Waals surface area (Å²) in [4.78, 5) is 11.4. The van der Waals surface area contributed by atoms with Crippen LogP contribution in [0.15, 0.2) is 48.2 Å². The Hall–Kier alpha value is -3.49. The number of fused-ring (bicyclic) bond motifs is 1. The first-order valence-corrected chi connectivity index (χ1v) is 10.5. The summed E-state index contributed by atoms with van der Waals surface area (Å²) >= 11 is 0. The van der Waals surface area contributed by atoms with Gasteiger partial charge < -0.3 is 19.9 Å². The summed E-state index contributed by atoms with van der Waals surface area (Å²) in [6.07, 6.45) is -0.920. The van der Waals surface area contributed by atoms with Gasteiger partial charge in [0, 0.05) is 24.5 Å². The number of piperidine rings is 1. The number of hydrogen-bond donors (Lipinski definition) is 3. The smallest absolute Gasteiger partial charge is 0.416 e. The highest BCUT2D eigenvalue weighted by Crippen LogP contribution is 2.35. The molecule has 0 bridgehead atoms. The molecule has 1 fully saturated rings. The number of aromatic amines is 1. The number of anilines is 2. The van der Waals surface area contributed by atoms with E-state index in [0.717, 1.165) is 49.3 Å². The Kier molecular flexibility index (Phi) is 4.83. The number of imidazole rings is 1. The van der Waals surface area contributed by atoms with Gasteiger partial charge in [0.1, 0.15) is 17.4 Å². The summed E-state index contributed by atoms with van der Waals surface area (Å²) in [6, 6.07) is 10.7. The summed E-state index contributed by atoms with van der Waals surface area (Å²) in [7, 11) is 0. The van der Waals surface area contributed by atoms with Gasteiger partial charge in [0.2, 0.25) is 0 Å². The number of hydrogen-bond acceptors (Lipinski definition) is 4. The van der Waals surface area contributed by atoms with E-state index in [1.807, 2.05) is 18.2 Å². The minimum absolute atomic E-state index is 0.0917. The normalized spacial score (nSPS) is 17.7. The molecular weight excluding hydrogens is 419 g/mol. The molecule has 5 rings (SSSR count). The number of aromatic nitrogens is 2. The molecule has 3 aromatic rings. The van der Waals surface area contributed by atoms with E-state index in [0.29, 0.717) is 11.3 Å². The van der Waals surface area contributed by atoms with E-state index in [1.165, 1.54) is 23.5 Å². The molecule has 1 aromatic heterocycles. The van der Waals surface area contributed by atoms with E-state index in [1.54, 1.807) is 0 Å². The first kappa shape index (κ1) is 20.4. The molecule has 166 valence electrons. The third-order valence-electron chi connectivity index (χ3n) is 6.01.